The fourth-order valence-electron chi connectivity index (χ4n) is 3.67. The molecule has 0 bridgehead atoms. The van der Waals surface area contributed by atoms with E-state index in [2.05, 4.69) is 15.5 Å². The summed E-state index contributed by atoms with van der Waals surface area (Å²) in [5.41, 5.74) is 0.527. The summed E-state index contributed by atoms with van der Waals surface area (Å²) in [5, 5.41) is 6.71. The third kappa shape index (κ3) is 2.20. The van der Waals surface area contributed by atoms with Crippen molar-refractivity contribution in [2.45, 2.75) is 25.7 Å². The monoisotopic (exact) mass is 237 g/mol. The second-order valence-corrected chi connectivity index (χ2v) is 5.93. The van der Waals surface area contributed by atoms with Gasteiger partial charge in [0.2, 0.25) is 5.91 Å². The molecule has 2 heterocycles. The fraction of sp³-hybridized carbons (Fsp3) is 0.923. The highest BCUT2D eigenvalue weighted by Crippen LogP contribution is 2.52. The zero-order valence-electron chi connectivity index (χ0n) is 10.5. The molecule has 0 aromatic carbocycles. The van der Waals surface area contributed by atoms with E-state index in [4.69, 9.17) is 0 Å². The zero-order chi connectivity index (χ0) is 11.7. The number of piperazine rings is 1. The number of carbonyl (C=O) groups excluding carboxylic acids is 1. The summed E-state index contributed by atoms with van der Waals surface area (Å²) in [5.74, 6) is 0.766. The number of nitrogens with one attached hydrogen (secondary N) is 2. The van der Waals surface area contributed by atoms with E-state index in [1.54, 1.807) is 0 Å². The van der Waals surface area contributed by atoms with Crippen molar-refractivity contribution in [3.8, 4) is 0 Å². The minimum absolute atomic E-state index is 0.339. The van der Waals surface area contributed by atoms with Crippen LogP contribution < -0.4 is 10.6 Å². The van der Waals surface area contributed by atoms with Crippen LogP contribution in [0.1, 0.15) is 25.7 Å². The van der Waals surface area contributed by atoms with Crippen molar-refractivity contribution in [2.75, 3.05) is 39.3 Å². The molecule has 1 aliphatic carbocycles. The van der Waals surface area contributed by atoms with Crippen LogP contribution in [0.3, 0.4) is 0 Å². The van der Waals surface area contributed by atoms with Crippen LogP contribution in [-0.2, 0) is 4.79 Å². The van der Waals surface area contributed by atoms with Crippen LogP contribution in [-0.4, -0.2) is 50.1 Å². The topological polar surface area (TPSA) is 44.4 Å². The average molecular weight is 237 g/mol. The van der Waals surface area contributed by atoms with Crippen LogP contribution in [0.4, 0.5) is 0 Å². The van der Waals surface area contributed by atoms with Crippen molar-refractivity contribution in [3.63, 3.8) is 0 Å². The summed E-state index contributed by atoms with van der Waals surface area (Å²) >= 11 is 0. The normalized spacial score (nSPS) is 29.1. The van der Waals surface area contributed by atoms with Gasteiger partial charge in [-0.05, 0) is 44.2 Å². The molecule has 0 aromatic rings. The number of amides is 1. The molecule has 1 saturated carbocycles. The number of carbonyl (C=O) groups is 1. The van der Waals surface area contributed by atoms with Crippen LogP contribution in [0, 0.1) is 11.3 Å². The molecule has 2 aliphatic heterocycles. The number of hydrogen-bond acceptors (Lipinski definition) is 3. The molecule has 0 aromatic heterocycles. The second-order valence-electron chi connectivity index (χ2n) is 5.93. The molecule has 0 atom stereocenters. The van der Waals surface area contributed by atoms with Crippen LogP contribution in [0.15, 0.2) is 0 Å². The Bertz CT molecular complexity index is 285. The first kappa shape index (κ1) is 11.5. The lowest BCUT2D eigenvalue weighted by Crippen LogP contribution is -2.54. The van der Waals surface area contributed by atoms with Gasteiger partial charge in [-0.25, -0.2) is 0 Å². The Balaban J connectivity index is 1.52. The Labute approximate surface area is 103 Å². The van der Waals surface area contributed by atoms with E-state index < -0.39 is 0 Å². The van der Waals surface area contributed by atoms with Gasteiger partial charge < -0.3 is 15.5 Å². The van der Waals surface area contributed by atoms with E-state index in [0.29, 0.717) is 17.2 Å². The van der Waals surface area contributed by atoms with E-state index >= 15 is 0 Å². The Hall–Kier alpha value is -0.610. The number of rotatable bonds is 1. The largest absolute Gasteiger partial charge is 0.340 e. The van der Waals surface area contributed by atoms with Crippen LogP contribution >= 0.6 is 0 Å². The molecule has 96 valence electrons. The molecule has 3 fully saturated rings. The first-order chi connectivity index (χ1) is 8.29. The number of piperidine rings is 1. The van der Waals surface area contributed by atoms with Gasteiger partial charge in [0.1, 0.15) is 0 Å². The first-order valence-electron chi connectivity index (χ1n) is 6.99. The van der Waals surface area contributed by atoms with Gasteiger partial charge in [0.25, 0.3) is 0 Å². The maximum Gasteiger partial charge on any atom is 0.225 e. The minimum Gasteiger partial charge on any atom is -0.340 e. The smallest absolute Gasteiger partial charge is 0.225 e. The maximum absolute atomic E-state index is 12.3. The maximum atomic E-state index is 12.3. The molecule has 1 spiro atoms. The molecule has 1 amide bonds. The molecular weight excluding hydrogens is 214 g/mol. The molecule has 2 N–H and O–H groups in total. The van der Waals surface area contributed by atoms with Gasteiger partial charge in [-0.2, -0.15) is 0 Å². The van der Waals surface area contributed by atoms with Gasteiger partial charge in [-0.3, -0.25) is 4.79 Å². The SMILES string of the molecule is O=C(C1CC2(CCNCC2)C1)N1CCNCC1. The molecule has 4 heteroatoms. The van der Waals surface area contributed by atoms with Crippen molar-refractivity contribution in [2.24, 2.45) is 11.3 Å². The molecule has 0 unspecified atom stereocenters. The Morgan fingerprint density at radius 3 is 2.24 bits per heavy atom. The fourth-order valence-corrected chi connectivity index (χ4v) is 3.67. The summed E-state index contributed by atoms with van der Waals surface area (Å²) < 4.78 is 0. The van der Waals surface area contributed by atoms with Gasteiger partial charge in [0.05, 0.1) is 0 Å². The third-order valence-corrected chi connectivity index (χ3v) is 4.80. The van der Waals surface area contributed by atoms with Crippen LogP contribution in [0.5, 0.6) is 0 Å². The average Bonchev–Trinajstić information content (AvgIpc) is 2.37. The summed E-state index contributed by atoms with van der Waals surface area (Å²) in [6.45, 7) is 6.04. The quantitative estimate of drug-likeness (QED) is 0.685. The lowest BCUT2D eigenvalue weighted by Gasteiger charge is -2.51. The molecule has 3 aliphatic rings. The molecule has 0 radical (unpaired) electrons. The summed E-state index contributed by atoms with van der Waals surface area (Å²) in [6, 6.07) is 0. The van der Waals surface area contributed by atoms with Crippen molar-refractivity contribution in [1.82, 2.24) is 15.5 Å². The molecule has 3 rings (SSSR count). The number of hydrogen-bond donors (Lipinski definition) is 2. The lowest BCUT2D eigenvalue weighted by molar-refractivity contribution is -0.145. The van der Waals surface area contributed by atoms with Gasteiger partial charge >= 0.3 is 0 Å². The van der Waals surface area contributed by atoms with Crippen LogP contribution in [0.2, 0.25) is 0 Å². The predicted molar refractivity (Wildman–Crippen MR) is 66.7 cm³/mol. The predicted octanol–water partition coefficient (Wildman–Crippen LogP) is 0.198. The van der Waals surface area contributed by atoms with Crippen molar-refractivity contribution < 1.29 is 4.79 Å². The number of nitrogens with zero attached hydrogens (tertiary/aromatic N) is 1. The van der Waals surface area contributed by atoms with E-state index in [1.165, 1.54) is 12.8 Å². The Morgan fingerprint density at radius 2 is 1.59 bits per heavy atom. The van der Waals surface area contributed by atoms with E-state index in [1.807, 2.05) is 0 Å². The minimum atomic E-state index is 0.339. The summed E-state index contributed by atoms with van der Waals surface area (Å²) in [6.07, 6.45) is 4.85. The first-order valence-corrected chi connectivity index (χ1v) is 6.99. The van der Waals surface area contributed by atoms with Crippen molar-refractivity contribution >= 4 is 5.91 Å². The lowest BCUT2D eigenvalue weighted by atomic mass is 9.57. The van der Waals surface area contributed by atoms with Gasteiger partial charge in [-0.15, -0.1) is 0 Å². The summed E-state index contributed by atoms with van der Waals surface area (Å²) in [4.78, 5) is 14.4. The van der Waals surface area contributed by atoms with E-state index in [9.17, 15) is 4.79 Å². The Morgan fingerprint density at radius 1 is 1.00 bits per heavy atom. The van der Waals surface area contributed by atoms with Gasteiger partial charge in [0.15, 0.2) is 0 Å². The third-order valence-electron chi connectivity index (χ3n) is 4.80. The highest BCUT2D eigenvalue weighted by Gasteiger charge is 2.48. The van der Waals surface area contributed by atoms with Crippen molar-refractivity contribution in [1.29, 1.82) is 0 Å². The molecule has 17 heavy (non-hydrogen) atoms. The zero-order valence-corrected chi connectivity index (χ0v) is 10.5. The second kappa shape index (κ2) is 4.58. The van der Waals surface area contributed by atoms with Crippen molar-refractivity contribution in [3.05, 3.63) is 0 Å². The Kier molecular flexibility index (Phi) is 3.09. The van der Waals surface area contributed by atoms with E-state index in [-0.39, 0.29) is 0 Å². The van der Waals surface area contributed by atoms with Gasteiger partial charge in [0, 0.05) is 32.1 Å². The summed E-state index contributed by atoms with van der Waals surface area (Å²) in [7, 11) is 0. The molecular formula is C13H23N3O. The van der Waals surface area contributed by atoms with Crippen LogP contribution in [0.25, 0.3) is 0 Å². The highest BCUT2D eigenvalue weighted by molar-refractivity contribution is 5.80. The molecule has 2 saturated heterocycles. The standard InChI is InChI=1S/C13H23N3O/c17-12(16-7-5-15-6-8-16)11-9-13(10-11)1-3-14-4-2-13/h11,14-15H,1-10H2. The molecule has 4 nitrogen and oxygen atoms in total. The van der Waals surface area contributed by atoms with E-state index in [0.717, 1.165) is 52.1 Å². The van der Waals surface area contributed by atoms with Gasteiger partial charge in [-0.1, -0.05) is 0 Å². The highest BCUT2D eigenvalue weighted by atomic mass is 16.2.